The highest BCUT2D eigenvalue weighted by Crippen LogP contribution is 2.31. The number of rotatable bonds is 8. The number of aryl methyl sites for hydroxylation is 1. The molecule has 0 aliphatic carbocycles. The smallest absolute Gasteiger partial charge is 0.241 e. The molecule has 3 aromatic rings. The molecule has 0 saturated heterocycles. The second kappa shape index (κ2) is 8.73. The van der Waals surface area contributed by atoms with Crippen molar-refractivity contribution in [3.8, 4) is 28.4 Å². The van der Waals surface area contributed by atoms with E-state index in [1.54, 1.807) is 7.11 Å². The molecular weight excluding hydrogens is 338 g/mol. The summed E-state index contributed by atoms with van der Waals surface area (Å²) in [6, 6.07) is 16.3. The van der Waals surface area contributed by atoms with E-state index in [9.17, 15) is 0 Å². The molecule has 5 nitrogen and oxygen atoms in total. The van der Waals surface area contributed by atoms with E-state index < -0.39 is 0 Å². The monoisotopic (exact) mass is 365 g/mol. The minimum absolute atomic E-state index is 0.631. The number of nitrogens with zero attached hydrogens (tertiary/aromatic N) is 3. The second-order valence-corrected chi connectivity index (χ2v) is 6.86. The van der Waals surface area contributed by atoms with Crippen LogP contribution in [-0.2, 0) is 0 Å². The lowest BCUT2D eigenvalue weighted by Crippen LogP contribution is -2.15. The predicted octanol–water partition coefficient (Wildman–Crippen LogP) is 4.19. The molecule has 0 N–H and O–H groups in total. The van der Waals surface area contributed by atoms with E-state index >= 15 is 0 Å². The van der Waals surface area contributed by atoms with Gasteiger partial charge in [-0.05, 0) is 57.3 Å². The van der Waals surface area contributed by atoms with E-state index in [4.69, 9.17) is 14.6 Å². The molecule has 1 heterocycles. The van der Waals surface area contributed by atoms with Crippen LogP contribution in [0.1, 0.15) is 12.0 Å². The average molecular weight is 365 g/mol. The second-order valence-electron chi connectivity index (χ2n) is 6.86. The average Bonchev–Trinajstić information content (AvgIpc) is 3.10. The fraction of sp³-hybridized carbons (Fsp3) is 0.318. The molecule has 0 aliphatic rings. The third-order valence-electron chi connectivity index (χ3n) is 4.37. The maximum Gasteiger partial charge on any atom is 0.241 e. The summed E-state index contributed by atoms with van der Waals surface area (Å²) in [6.45, 7) is 3.69. The predicted molar refractivity (Wildman–Crippen MR) is 109 cm³/mol. The lowest BCUT2D eigenvalue weighted by Gasteiger charge is -2.10. The zero-order chi connectivity index (χ0) is 19.2. The highest BCUT2D eigenvalue weighted by molar-refractivity contribution is 5.69. The van der Waals surface area contributed by atoms with Crippen LogP contribution >= 0.6 is 0 Å². The van der Waals surface area contributed by atoms with Crippen LogP contribution in [0.15, 0.2) is 54.7 Å². The van der Waals surface area contributed by atoms with Gasteiger partial charge in [-0.3, -0.25) is 0 Å². The lowest BCUT2D eigenvalue weighted by molar-refractivity contribution is 0.273. The van der Waals surface area contributed by atoms with Crippen molar-refractivity contribution in [1.29, 1.82) is 0 Å². The third-order valence-corrected chi connectivity index (χ3v) is 4.37. The van der Waals surface area contributed by atoms with Crippen LogP contribution < -0.4 is 9.47 Å². The standard InChI is InChI=1S/C22H27N3O2/c1-17-6-10-19(11-7-17)25-16-21(18-8-12-20(26-4)13-9-18)22(23-25)27-15-5-14-24(2)3/h6-13,16H,5,14-15H2,1-4H3. The Morgan fingerprint density at radius 2 is 1.70 bits per heavy atom. The minimum atomic E-state index is 0.631. The van der Waals surface area contributed by atoms with Gasteiger partial charge in [-0.25, -0.2) is 4.68 Å². The summed E-state index contributed by atoms with van der Waals surface area (Å²) in [5, 5.41) is 4.70. The Bertz CT molecular complexity index is 852. The van der Waals surface area contributed by atoms with Crippen molar-refractivity contribution >= 4 is 0 Å². The highest BCUT2D eigenvalue weighted by Gasteiger charge is 2.14. The fourth-order valence-corrected chi connectivity index (χ4v) is 2.81. The molecule has 1 aromatic heterocycles. The number of hydrogen-bond acceptors (Lipinski definition) is 4. The molecule has 0 aliphatic heterocycles. The van der Waals surface area contributed by atoms with Crippen LogP contribution in [-0.4, -0.2) is 49.0 Å². The van der Waals surface area contributed by atoms with Gasteiger partial charge in [-0.15, -0.1) is 5.10 Å². The molecule has 142 valence electrons. The first-order valence-electron chi connectivity index (χ1n) is 9.15. The van der Waals surface area contributed by atoms with Gasteiger partial charge in [0.25, 0.3) is 0 Å². The van der Waals surface area contributed by atoms with Crippen LogP contribution in [0.5, 0.6) is 11.6 Å². The summed E-state index contributed by atoms with van der Waals surface area (Å²) in [5.41, 5.74) is 4.26. The molecule has 5 heteroatoms. The zero-order valence-corrected chi connectivity index (χ0v) is 16.5. The maximum absolute atomic E-state index is 6.03. The molecule has 2 aromatic carbocycles. The molecule has 0 bridgehead atoms. The van der Waals surface area contributed by atoms with Crippen LogP contribution in [0, 0.1) is 6.92 Å². The molecule has 0 atom stereocenters. The maximum atomic E-state index is 6.03. The molecule has 0 fully saturated rings. The van der Waals surface area contributed by atoms with Crippen molar-refractivity contribution in [2.24, 2.45) is 0 Å². The highest BCUT2D eigenvalue weighted by atomic mass is 16.5. The van der Waals surface area contributed by atoms with Gasteiger partial charge in [0.1, 0.15) is 5.75 Å². The number of hydrogen-bond donors (Lipinski definition) is 0. The van der Waals surface area contributed by atoms with Crippen LogP contribution in [0.25, 0.3) is 16.8 Å². The summed E-state index contributed by atoms with van der Waals surface area (Å²) >= 11 is 0. The Balaban J connectivity index is 1.89. The summed E-state index contributed by atoms with van der Waals surface area (Å²) in [7, 11) is 5.80. The third kappa shape index (κ3) is 4.89. The van der Waals surface area contributed by atoms with Crippen LogP contribution in [0.4, 0.5) is 0 Å². The first-order valence-corrected chi connectivity index (χ1v) is 9.15. The van der Waals surface area contributed by atoms with Crippen LogP contribution in [0.2, 0.25) is 0 Å². The summed E-state index contributed by atoms with van der Waals surface area (Å²) in [5.74, 6) is 1.48. The molecule has 0 saturated carbocycles. The lowest BCUT2D eigenvalue weighted by atomic mass is 10.1. The molecule has 3 rings (SSSR count). The summed E-state index contributed by atoms with van der Waals surface area (Å²) in [6.07, 6.45) is 2.97. The molecule has 27 heavy (non-hydrogen) atoms. The molecule has 0 amide bonds. The minimum Gasteiger partial charge on any atom is -0.497 e. The van der Waals surface area contributed by atoms with E-state index in [-0.39, 0.29) is 0 Å². The number of benzene rings is 2. The SMILES string of the molecule is COc1ccc(-c2cn(-c3ccc(C)cc3)nc2OCCCN(C)C)cc1. The van der Waals surface area contributed by atoms with Gasteiger partial charge in [0.15, 0.2) is 0 Å². The van der Waals surface area contributed by atoms with Crippen LogP contribution in [0.3, 0.4) is 0 Å². The molecule has 0 radical (unpaired) electrons. The Morgan fingerprint density at radius 3 is 2.33 bits per heavy atom. The van der Waals surface area contributed by atoms with Gasteiger partial charge >= 0.3 is 0 Å². The molecular formula is C22H27N3O2. The first kappa shape index (κ1) is 19.0. The normalized spacial score (nSPS) is 11.0. The van der Waals surface area contributed by atoms with E-state index in [0.29, 0.717) is 12.5 Å². The van der Waals surface area contributed by atoms with Gasteiger partial charge in [0.2, 0.25) is 5.88 Å². The van der Waals surface area contributed by atoms with Gasteiger partial charge in [0, 0.05) is 12.7 Å². The van der Waals surface area contributed by atoms with Crippen molar-refractivity contribution < 1.29 is 9.47 Å². The van der Waals surface area contributed by atoms with Gasteiger partial charge in [0.05, 0.1) is 25.0 Å². The summed E-state index contributed by atoms with van der Waals surface area (Å²) in [4.78, 5) is 2.15. The van der Waals surface area contributed by atoms with Crippen molar-refractivity contribution in [2.75, 3.05) is 34.4 Å². The van der Waals surface area contributed by atoms with Gasteiger partial charge in [-0.1, -0.05) is 29.8 Å². The fourth-order valence-electron chi connectivity index (χ4n) is 2.81. The Hall–Kier alpha value is -2.79. The summed E-state index contributed by atoms with van der Waals surface area (Å²) < 4.78 is 13.2. The van der Waals surface area contributed by atoms with E-state index in [1.165, 1.54) is 5.56 Å². The topological polar surface area (TPSA) is 39.5 Å². The van der Waals surface area contributed by atoms with Gasteiger partial charge in [-0.2, -0.15) is 0 Å². The zero-order valence-electron chi connectivity index (χ0n) is 16.5. The largest absolute Gasteiger partial charge is 0.497 e. The Kier molecular flexibility index (Phi) is 6.14. The molecule has 0 unspecified atom stereocenters. The Labute approximate surface area is 161 Å². The number of aromatic nitrogens is 2. The van der Waals surface area contributed by atoms with Crippen molar-refractivity contribution in [2.45, 2.75) is 13.3 Å². The van der Waals surface area contributed by atoms with E-state index in [2.05, 4.69) is 50.2 Å². The number of ether oxygens (including phenoxy) is 2. The van der Waals surface area contributed by atoms with E-state index in [1.807, 2.05) is 35.1 Å². The van der Waals surface area contributed by atoms with Crippen molar-refractivity contribution in [3.63, 3.8) is 0 Å². The number of methoxy groups -OCH3 is 1. The Morgan fingerprint density at radius 1 is 1.00 bits per heavy atom. The molecule has 0 spiro atoms. The van der Waals surface area contributed by atoms with E-state index in [0.717, 1.165) is 35.5 Å². The first-order chi connectivity index (χ1) is 13.1. The van der Waals surface area contributed by atoms with Crippen molar-refractivity contribution in [3.05, 3.63) is 60.3 Å². The van der Waals surface area contributed by atoms with Crippen molar-refractivity contribution in [1.82, 2.24) is 14.7 Å². The quantitative estimate of drug-likeness (QED) is 0.561. The van der Waals surface area contributed by atoms with Gasteiger partial charge < -0.3 is 14.4 Å².